The molecule has 0 aromatic carbocycles. The number of hydrogen-bond donors (Lipinski definition) is 0. The molecule has 0 aromatic heterocycles. The van der Waals surface area contributed by atoms with Crippen LogP contribution in [0.15, 0.2) is 0 Å². The summed E-state index contributed by atoms with van der Waals surface area (Å²) in [5.74, 6) is -0.0845. The van der Waals surface area contributed by atoms with Crippen LogP contribution in [0.3, 0.4) is 0 Å². The number of rotatable bonds is 0. The van der Waals surface area contributed by atoms with Crippen LogP contribution < -0.4 is 0 Å². The lowest BCUT2D eigenvalue weighted by molar-refractivity contribution is -0.137. The van der Waals surface area contributed by atoms with Gasteiger partial charge in [0, 0.05) is 6.42 Å². The van der Waals surface area contributed by atoms with Crippen molar-refractivity contribution in [3.05, 3.63) is 0 Å². The van der Waals surface area contributed by atoms with Crippen LogP contribution in [-0.2, 0) is 9.53 Å². The second kappa shape index (κ2) is 2.28. The van der Waals surface area contributed by atoms with Gasteiger partial charge in [-0.15, -0.1) is 0 Å². The lowest BCUT2D eigenvalue weighted by Crippen LogP contribution is -2.16. The molecule has 0 N–H and O–H groups in total. The van der Waals surface area contributed by atoms with E-state index < -0.39 is 0 Å². The molecule has 1 saturated heterocycles. The highest BCUT2D eigenvalue weighted by Crippen LogP contribution is 2.36. The zero-order valence-corrected chi connectivity index (χ0v) is 8.30. The minimum atomic E-state index is -0.268. The van der Waals surface area contributed by atoms with Crippen LogP contribution in [0.5, 0.6) is 0 Å². The lowest BCUT2D eigenvalue weighted by atomic mass is 10.4. The van der Waals surface area contributed by atoms with E-state index in [1.807, 2.05) is 0 Å². The second-order valence-corrected chi connectivity index (χ2v) is 7.34. The van der Waals surface area contributed by atoms with E-state index >= 15 is 0 Å². The van der Waals surface area contributed by atoms with E-state index in [2.05, 4.69) is 45.2 Å². The van der Waals surface area contributed by atoms with Gasteiger partial charge in [-0.25, -0.2) is 4.79 Å². The summed E-state index contributed by atoms with van der Waals surface area (Å²) in [5, 5.41) is 0. The van der Waals surface area contributed by atoms with Gasteiger partial charge < -0.3 is 4.74 Å². The molecular weight excluding hydrogens is 334 g/mol. The number of alkyl halides is 2. The Balaban J connectivity index is 2.68. The van der Waals surface area contributed by atoms with Crippen molar-refractivity contribution in [3.63, 3.8) is 0 Å². The van der Waals surface area contributed by atoms with Gasteiger partial charge in [-0.2, -0.15) is 0 Å². The first-order valence-electron chi connectivity index (χ1n) is 2.18. The van der Waals surface area contributed by atoms with Gasteiger partial charge in [0.15, 0.2) is 1.43 Å². The molecule has 1 heterocycles. The Morgan fingerprint density at radius 2 is 2.25 bits per heavy atom. The maximum atomic E-state index is 10.7. The number of cyclic esters (lactones) is 1. The summed E-state index contributed by atoms with van der Waals surface area (Å²) in [7, 11) is 0. The van der Waals surface area contributed by atoms with E-state index in [1.165, 1.54) is 0 Å². The van der Waals surface area contributed by atoms with Crippen molar-refractivity contribution in [3.8, 4) is 0 Å². The maximum absolute atomic E-state index is 10.7. The molecule has 0 amide bonds. The fourth-order valence-corrected chi connectivity index (χ4v) is 1.23. The minimum Gasteiger partial charge on any atom is -0.464 e. The van der Waals surface area contributed by atoms with E-state index in [-0.39, 0.29) is 7.40 Å². The van der Waals surface area contributed by atoms with E-state index in [9.17, 15) is 4.79 Å². The molecule has 0 radical (unpaired) electrons. The van der Waals surface area contributed by atoms with E-state index in [4.69, 9.17) is 4.74 Å². The highest BCUT2D eigenvalue weighted by molar-refractivity contribution is 14.2. The third-order valence-electron chi connectivity index (χ3n) is 0.948. The molecule has 0 atom stereocenters. The lowest BCUT2D eigenvalue weighted by Gasteiger charge is -2.03. The summed E-state index contributed by atoms with van der Waals surface area (Å²) in [4.78, 5) is 10.7. The number of carbonyl (C=O) groups excluding carboxylic acids is 1. The van der Waals surface area contributed by atoms with Crippen molar-refractivity contribution in [2.24, 2.45) is 0 Å². The van der Waals surface area contributed by atoms with Gasteiger partial charge in [0.2, 0.25) is 0 Å². The van der Waals surface area contributed by atoms with Crippen LogP contribution in [0, 0.1) is 0 Å². The highest BCUT2D eigenvalue weighted by Gasteiger charge is 2.38. The molecule has 0 saturated carbocycles. The Kier molecular flexibility index (Phi) is 2.01. The average molecular weight is 338 g/mol. The Morgan fingerprint density at radius 1 is 1.62 bits per heavy atom. The predicted octanol–water partition coefficient (Wildman–Crippen LogP) is 1.50. The Bertz CT molecular complexity index is 121. The number of esters is 1. The Labute approximate surface area is 74.6 Å². The quantitative estimate of drug-likeness (QED) is 0.380. The fourth-order valence-electron chi connectivity index (χ4n) is 0.480. The summed E-state index contributed by atoms with van der Waals surface area (Å²) in [6, 6.07) is 0. The first kappa shape index (κ1) is 7.04. The topological polar surface area (TPSA) is 26.3 Å². The molecule has 1 aliphatic heterocycles. The zero-order chi connectivity index (χ0) is 6.20. The summed E-state index contributed by atoms with van der Waals surface area (Å²) >= 11 is 4.21. The number of ether oxygens (including phenoxy) is 1. The Morgan fingerprint density at radius 3 is 2.38 bits per heavy atom. The van der Waals surface area contributed by atoms with Crippen molar-refractivity contribution in [2.45, 2.75) is 7.85 Å². The fraction of sp³-hybridized carbons (Fsp3) is 0.750. The smallest absolute Gasteiger partial charge is 0.332 e. The molecule has 4 heteroatoms. The van der Waals surface area contributed by atoms with Gasteiger partial charge in [0.25, 0.3) is 0 Å². The van der Waals surface area contributed by atoms with Gasteiger partial charge in [-0.05, 0) is 0 Å². The largest absolute Gasteiger partial charge is 0.464 e. The second-order valence-electron chi connectivity index (χ2n) is 1.59. The third-order valence-corrected chi connectivity index (χ3v) is 2.91. The van der Waals surface area contributed by atoms with Crippen molar-refractivity contribution < 1.29 is 9.53 Å². The van der Waals surface area contributed by atoms with E-state index in [0.717, 1.165) is 6.42 Å². The first-order chi connectivity index (χ1) is 3.63. The van der Waals surface area contributed by atoms with Gasteiger partial charge in [0.1, 0.15) is 0 Å². The van der Waals surface area contributed by atoms with Gasteiger partial charge in [-0.1, -0.05) is 45.2 Å². The van der Waals surface area contributed by atoms with Crippen molar-refractivity contribution >= 4 is 51.2 Å². The van der Waals surface area contributed by atoms with E-state index in [0.29, 0.717) is 6.61 Å². The maximum Gasteiger partial charge on any atom is 0.332 e. The molecule has 1 fully saturated rings. The van der Waals surface area contributed by atoms with Crippen molar-refractivity contribution in [1.29, 1.82) is 0 Å². The van der Waals surface area contributed by atoms with Crippen LogP contribution in [0.2, 0.25) is 0 Å². The molecule has 46 valence electrons. The van der Waals surface area contributed by atoms with Crippen molar-refractivity contribution in [2.75, 3.05) is 6.61 Å². The average Bonchev–Trinajstić information content (AvgIpc) is 1.86. The van der Waals surface area contributed by atoms with Gasteiger partial charge >= 0.3 is 5.97 Å². The van der Waals surface area contributed by atoms with Gasteiger partial charge in [-0.3, -0.25) is 0 Å². The SMILES string of the molecule is O=C1OCCC1(I)I. The molecule has 2 nitrogen and oxygen atoms in total. The Hall–Kier alpha value is 0.930. The monoisotopic (exact) mass is 338 g/mol. The summed E-state index contributed by atoms with van der Waals surface area (Å²) < 4.78 is 4.45. The first-order valence-corrected chi connectivity index (χ1v) is 4.34. The van der Waals surface area contributed by atoms with Crippen LogP contribution in [0.1, 0.15) is 6.42 Å². The van der Waals surface area contributed by atoms with Crippen molar-refractivity contribution in [1.82, 2.24) is 0 Å². The predicted molar refractivity (Wildman–Crippen MR) is 46.3 cm³/mol. The van der Waals surface area contributed by atoms with Crippen LogP contribution >= 0.6 is 45.2 Å². The molecule has 0 unspecified atom stereocenters. The molecule has 0 bridgehead atoms. The van der Waals surface area contributed by atoms with E-state index in [1.54, 1.807) is 0 Å². The summed E-state index contributed by atoms with van der Waals surface area (Å²) in [6.07, 6.45) is 0.840. The molecule has 1 rings (SSSR count). The molecule has 0 aromatic rings. The third kappa shape index (κ3) is 1.26. The van der Waals surface area contributed by atoms with Crippen LogP contribution in [0.25, 0.3) is 0 Å². The summed E-state index contributed by atoms with van der Waals surface area (Å²) in [5.41, 5.74) is 0. The summed E-state index contributed by atoms with van der Waals surface area (Å²) in [6.45, 7) is 0.588. The zero-order valence-electron chi connectivity index (χ0n) is 3.99. The van der Waals surface area contributed by atoms with Crippen LogP contribution in [0.4, 0.5) is 0 Å². The highest BCUT2D eigenvalue weighted by atomic mass is 127. The number of carbonyl (C=O) groups is 1. The number of halogens is 2. The molecular formula is C4H4I2O2. The molecule has 1 aliphatic rings. The van der Waals surface area contributed by atoms with Gasteiger partial charge in [0.05, 0.1) is 6.61 Å². The van der Waals surface area contributed by atoms with Crippen LogP contribution in [-0.4, -0.2) is 14.0 Å². The molecule has 8 heavy (non-hydrogen) atoms. The normalized spacial score (nSPS) is 25.5. The molecule has 0 spiro atoms. The minimum absolute atomic E-state index is 0.0845. The number of hydrogen-bond acceptors (Lipinski definition) is 2. The standard InChI is InChI=1S/C4H4I2O2/c5-4(6)1-2-8-3(4)7/h1-2H2. The molecule has 0 aliphatic carbocycles.